The van der Waals surface area contributed by atoms with Crippen LogP contribution in [0.25, 0.3) is 0 Å². The number of carboxylic acid groups (broad SMARTS) is 1. The van der Waals surface area contributed by atoms with Gasteiger partial charge in [-0.2, -0.15) is 0 Å². The molecule has 0 atom stereocenters. The van der Waals surface area contributed by atoms with Gasteiger partial charge in [-0.05, 0) is 18.4 Å². The minimum atomic E-state index is -0.909. The Morgan fingerprint density at radius 1 is 1.23 bits per heavy atom. The third-order valence-electron chi connectivity index (χ3n) is 3.67. The lowest BCUT2D eigenvalue weighted by Gasteiger charge is -2.32. The molecule has 1 heterocycles. The Bertz CT molecular complexity index is 484. The number of likely N-dealkylation sites (tertiary alicyclic amines) is 1. The van der Waals surface area contributed by atoms with Crippen molar-refractivity contribution in [1.82, 2.24) is 10.2 Å². The molecule has 0 saturated carbocycles. The van der Waals surface area contributed by atoms with Gasteiger partial charge in [0.1, 0.15) is 0 Å². The van der Waals surface area contributed by atoms with Crippen molar-refractivity contribution in [2.75, 3.05) is 19.6 Å². The van der Waals surface area contributed by atoms with E-state index >= 15 is 0 Å². The van der Waals surface area contributed by atoms with Crippen molar-refractivity contribution in [1.29, 1.82) is 0 Å². The number of nitrogens with zero attached hydrogens (tertiary/aromatic N) is 1. The summed E-state index contributed by atoms with van der Waals surface area (Å²) in [7, 11) is 0. The Morgan fingerprint density at radius 2 is 1.91 bits per heavy atom. The second-order valence-electron chi connectivity index (χ2n) is 5.36. The first-order valence-electron chi connectivity index (χ1n) is 7.55. The molecule has 1 aromatic rings. The molecule has 6 nitrogen and oxygen atoms in total. The van der Waals surface area contributed by atoms with Gasteiger partial charge in [0.15, 0.2) is 0 Å². The Balaban J connectivity index is 1.65. The summed E-state index contributed by atoms with van der Waals surface area (Å²) in [5.74, 6) is -0.909. The van der Waals surface area contributed by atoms with Gasteiger partial charge in [-0.1, -0.05) is 30.3 Å². The number of ether oxygens (including phenoxy) is 1. The van der Waals surface area contributed by atoms with E-state index < -0.39 is 5.97 Å². The first-order valence-corrected chi connectivity index (χ1v) is 7.55. The van der Waals surface area contributed by atoms with Crippen LogP contribution >= 0.6 is 0 Å². The van der Waals surface area contributed by atoms with Crippen LogP contribution in [-0.4, -0.2) is 47.7 Å². The number of carboxylic acids is 1. The summed E-state index contributed by atoms with van der Waals surface area (Å²) < 4.78 is 5.87. The van der Waals surface area contributed by atoms with Gasteiger partial charge in [-0.15, -0.1) is 0 Å². The quantitative estimate of drug-likeness (QED) is 0.840. The molecule has 22 heavy (non-hydrogen) atoms. The first kappa shape index (κ1) is 16.3. The van der Waals surface area contributed by atoms with Crippen molar-refractivity contribution in [2.24, 2.45) is 0 Å². The summed E-state index contributed by atoms with van der Waals surface area (Å²) in [6.07, 6.45) is 1.73. The largest absolute Gasteiger partial charge is 0.481 e. The van der Waals surface area contributed by atoms with Crippen LogP contribution in [0.5, 0.6) is 0 Å². The summed E-state index contributed by atoms with van der Waals surface area (Å²) in [6.45, 7) is 2.03. The van der Waals surface area contributed by atoms with E-state index in [4.69, 9.17) is 9.84 Å². The molecule has 1 aliphatic rings. The molecule has 0 spiro atoms. The molecule has 0 bridgehead atoms. The summed E-state index contributed by atoms with van der Waals surface area (Å²) in [5.41, 5.74) is 1.15. The maximum absolute atomic E-state index is 11.8. The van der Waals surface area contributed by atoms with Crippen molar-refractivity contribution in [3.8, 4) is 0 Å². The molecule has 1 saturated heterocycles. The normalized spacial score (nSPS) is 15.5. The van der Waals surface area contributed by atoms with Crippen LogP contribution in [-0.2, 0) is 16.1 Å². The molecular formula is C16H22N2O4. The molecule has 1 aromatic carbocycles. The molecule has 1 fully saturated rings. The van der Waals surface area contributed by atoms with Gasteiger partial charge in [0, 0.05) is 19.6 Å². The zero-order valence-corrected chi connectivity index (χ0v) is 12.5. The fourth-order valence-corrected chi connectivity index (χ4v) is 2.40. The summed E-state index contributed by atoms with van der Waals surface area (Å²) >= 11 is 0. The summed E-state index contributed by atoms with van der Waals surface area (Å²) in [6, 6.07) is 9.83. The fourth-order valence-electron chi connectivity index (χ4n) is 2.40. The van der Waals surface area contributed by atoms with Crippen molar-refractivity contribution in [3.63, 3.8) is 0 Å². The van der Waals surface area contributed by atoms with Crippen molar-refractivity contribution < 1.29 is 19.4 Å². The van der Waals surface area contributed by atoms with E-state index in [2.05, 4.69) is 5.32 Å². The van der Waals surface area contributed by atoms with Gasteiger partial charge < -0.3 is 20.1 Å². The highest BCUT2D eigenvalue weighted by Gasteiger charge is 2.23. The van der Waals surface area contributed by atoms with E-state index in [1.54, 1.807) is 4.90 Å². The van der Waals surface area contributed by atoms with E-state index in [9.17, 15) is 9.59 Å². The molecule has 2 N–H and O–H groups in total. The lowest BCUT2D eigenvalue weighted by atomic mass is 10.1. The van der Waals surface area contributed by atoms with Crippen LogP contribution in [0.2, 0.25) is 0 Å². The Kier molecular flexibility index (Phi) is 6.21. The predicted octanol–water partition coefficient (Wildman–Crippen LogP) is 1.85. The van der Waals surface area contributed by atoms with Gasteiger partial charge in [0.2, 0.25) is 0 Å². The monoisotopic (exact) mass is 306 g/mol. The molecule has 0 aromatic heterocycles. The van der Waals surface area contributed by atoms with E-state index in [1.807, 2.05) is 30.3 Å². The summed E-state index contributed by atoms with van der Waals surface area (Å²) in [5, 5.41) is 11.2. The van der Waals surface area contributed by atoms with Crippen molar-refractivity contribution >= 4 is 12.0 Å². The van der Waals surface area contributed by atoms with E-state index in [1.165, 1.54) is 0 Å². The number of carbonyl (C=O) groups is 2. The third kappa shape index (κ3) is 5.37. The lowest BCUT2D eigenvalue weighted by molar-refractivity contribution is -0.136. The van der Waals surface area contributed by atoms with Crippen LogP contribution in [0.1, 0.15) is 24.8 Å². The smallest absolute Gasteiger partial charge is 0.317 e. The van der Waals surface area contributed by atoms with Gasteiger partial charge in [-0.3, -0.25) is 4.79 Å². The molecule has 120 valence electrons. The highest BCUT2D eigenvalue weighted by Crippen LogP contribution is 2.15. The number of hydrogen-bond acceptors (Lipinski definition) is 3. The number of rotatable bonds is 6. The highest BCUT2D eigenvalue weighted by molar-refractivity contribution is 5.75. The second-order valence-corrected chi connectivity index (χ2v) is 5.36. The number of amides is 2. The number of benzene rings is 1. The van der Waals surface area contributed by atoms with Gasteiger partial charge in [0.05, 0.1) is 19.1 Å². The minimum absolute atomic E-state index is 0.0532. The zero-order valence-electron chi connectivity index (χ0n) is 12.5. The Morgan fingerprint density at radius 3 is 2.55 bits per heavy atom. The molecule has 0 aliphatic carbocycles. The Hall–Kier alpha value is -2.08. The number of aliphatic carboxylic acids is 1. The molecule has 2 rings (SSSR count). The molecule has 1 aliphatic heterocycles. The minimum Gasteiger partial charge on any atom is -0.481 e. The van der Waals surface area contributed by atoms with Crippen LogP contribution in [0, 0.1) is 0 Å². The third-order valence-corrected chi connectivity index (χ3v) is 3.67. The number of urea groups is 1. The SMILES string of the molecule is O=C(O)CCNC(=O)N1CCC(OCc2ccccc2)CC1. The fraction of sp³-hybridized carbons (Fsp3) is 0.500. The molecule has 2 amide bonds. The maximum atomic E-state index is 11.8. The second kappa shape index (κ2) is 8.38. The van der Waals surface area contributed by atoms with E-state index in [0.717, 1.165) is 18.4 Å². The van der Waals surface area contributed by atoms with Crippen LogP contribution in [0.3, 0.4) is 0 Å². The van der Waals surface area contributed by atoms with Crippen molar-refractivity contribution in [3.05, 3.63) is 35.9 Å². The maximum Gasteiger partial charge on any atom is 0.317 e. The highest BCUT2D eigenvalue weighted by atomic mass is 16.5. The number of nitrogens with one attached hydrogen (secondary N) is 1. The van der Waals surface area contributed by atoms with Crippen LogP contribution in [0.4, 0.5) is 4.79 Å². The number of piperidine rings is 1. The van der Waals surface area contributed by atoms with Gasteiger partial charge in [0.25, 0.3) is 0 Å². The zero-order chi connectivity index (χ0) is 15.8. The average Bonchev–Trinajstić information content (AvgIpc) is 2.54. The topological polar surface area (TPSA) is 78.9 Å². The van der Waals surface area contributed by atoms with Crippen molar-refractivity contribution in [2.45, 2.75) is 32.0 Å². The lowest BCUT2D eigenvalue weighted by Crippen LogP contribution is -2.46. The number of hydrogen-bond donors (Lipinski definition) is 2. The standard InChI is InChI=1S/C16H22N2O4/c19-15(20)6-9-17-16(21)18-10-7-14(8-11-18)22-12-13-4-2-1-3-5-13/h1-5,14H,6-12H2,(H,17,21)(H,19,20). The van der Waals surface area contributed by atoms with Crippen LogP contribution < -0.4 is 5.32 Å². The van der Waals surface area contributed by atoms with E-state index in [-0.39, 0.29) is 25.1 Å². The first-order chi connectivity index (χ1) is 10.6. The summed E-state index contributed by atoms with van der Waals surface area (Å²) in [4.78, 5) is 24.0. The van der Waals surface area contributed by atoms with Gasteiger partial charge in [-0.25, -0.2) is 4.79 Å². The van der Waals surface area contributed by atoms with Crippen LogP contribution in [0.15, 0.2) is 30.3 Å². The van der Waals surface area contributed by atoms with E-state index in [0.29, 0.717) is 19.7 Å². The predicted molar refractivity (Wildman–Crippen MR) is 81.5 cm³/mol. The molecule has 0 radical (unpaired) electrons. The molecule has 6 heteroatoms. The molecule has 0 unspecified atom stereocenters. The van der Waals surface area contributed by atoms with Gasteiger partial charge >= 0.3 is 12.0 Å². The molecular weight excluding hydrogens is 284 g/mol. The number of carbonyl (C=O) groups excluding carboxylic acids is 1. The average molecular weight is 306 g/mol. The Labute approximate surface area is 130 Å².